The quantitative estimate of drug-likeness (QED) is 0.538. The fourth-order valence-electron chi connectivity index (χ4n) is 1.74. The molecular weight excluding hydrogens is 439 g/mol. The first kappa shape index (κ1) is 22.0. The Morgan fingerprint density at radius 3 is 1.36 bits per heavy atom. The van der Waals surface area contributed by atoms with E-state index in [4.69, 9.17) is 34.8 Å². The molecule has 1 amide bonds. The van der Waals surface area contributed by atoms with Gasteiger partial charge in [0.15, 0.2) is 0 Å². The van der Waals surface area contributed by atoms with Gasteiger partial charge in [0.1, 0.15) is 0 Å². The van der Waals surface area contributed by atoms with E-state index in [1.54, 1.807) is 0 Å². The summed E-state index contributed by atoms with van der Waals surface area (Å²) in [5.74, 6) is -3.47. The molecule has 14 heteroatoms. The van der Waals surface area contributed by atoms with E-state index in [0.29, 0.717) is 0 Å². The lowest BCUT2D eigenvalue weighted by Crippen LogP contribution is -2.65. The Morgan fingerprint density at radius 1 is 0.760 bits per heavy atom. The lowest BCUT2D eigenvalue weighted by molar-refractivity contribution is -0.405. The lowest BCUT2D eigenvalue weighted by Gasteiger charge is -2.37. The average molecular weight is 442 g/mol. The summed E-state index contributed by atoms with van der Waals surface area (Å²) < 4.78 is 115. The van der Waals surface area contributed by atoms with Gasteiger partial charge < -0.3 is 5.32 Å². The van der Waals surface area contributed by atoms with Gasteiger partial charge in [-0.1, -0.05) is 34.8 Å². The zero-order chi connectivity index (χ0) is 20.0. The molecule has 0 bridgehead atoms. The van der Waals surface area contributed by atoms with Crippen molar-refractivity contribution >= 4 is 46.4 Å². The molecule has 0 saturated carbocycles. The van der Waals surface area contributed by atoms with Gasteiger partial charge in [-0.25, -0.2) is 0 Å². The third kappa shape index (κ3) is 3.72. The fraction of sp³-hybridized carbons (Fsp3) is 0.364. The standard InChI is InChI=1S/C11H3Cl3F9NO/c12-3-1-4(13)6(5(14)2-3)24-7(25)8(9(15,16)17,10(18,19)20)11(21,22)23/h1-2H,(H,24,25). The molecule has 142 valence electrons. The predicted octanol–water partition coefficient (Wildman–Crippen LogP) is 6.26. The molecule has 1 aromatic rings. The van der Waals surface area contributed by atoms with Crippen LogP contribution in [0.25, 0.3) is 0 Å². The number of alkyl halides is 9. The molecule has 0 fully saturated rings. The highest BCUT2D eigenvalue weighted by molar-refractivity contribution is 6.42. The van der Waals surface area contributed by atoms with Crippen LogP contribution in [0.4, 0.5) is 45.2 Å². The van der Waals surface area contributed by atoms with Crippen LogP contribution in [0.3, 0.4) is 0 Å². The van der Waals surface area contributed by atoms with Crippen molar-refractivity contribution in [3.8, 4) is 0 Å². The maximum atomic E-state index is 12.8. The van der Waals surface area contributed by atoms with Gasteiger partial charge in [-0.3, -0.25) is 4.79 Å². The van der Waals surface area contributed by atoms with Crippen molar-refractivity contribution in [3.05, 3.63) is 27.2 Å². The molecule has 2 nitrogen and oxygen atoms in total. The Bertz CT molecular complexity index is 622. The zero-order valence-corrected chi connectivity index (χ0v) is 13.4. The molecule has 0 aliphatic heterocycles. The van der Waals surface area contributed by atoms with Gasteiger partial charge in [0.05, 0.1) is 15.7 Å². The molecule has 0 aliphatic rings. The SMILES string of the molecule is O=C(Nc1c(Cl)cc(Cl)cc1Cl)C(C(F)(F)F)(C(F)(F)F)C(F)(F)F. The van der Waals surface area contributed by atoms with Gasteiger partial charge in [0.25, 0.3) is 5.91 Å². The largest absolute Gasteiger partial charge is 0.421 e. The van der Waals surface area contributed by atoms with Crippen LogP contribution in [-0.4, -0.2) is 24.4 Å². The number of hydrogen-bond acceptors (Lipinski definition) is 1. The number of amides is 1. The van der Waals surface area contributed by atoms with Gasteiger partial charge in [0.2, 0.25) is 0 Å². The highest BCUT2D eigenvalue weighted by Crippen LogP contribution is 2.60. The van der Waals surface area contributed by atoms with E-state index >= 15 is 0 Å². The van der Waals surface area contributed by atoms with Crippen LogP contribution in [0.15, 0.2) is 12.1 Å². The second kappa shape index (κ2) is 6.58. The smallest absolute Gasteiger partial charge is 0.322 e. The van der Waals surface area contributed by atoms with Crippen molar-refractivity contribution in [1.29, 1.82) is 0 Å². The molecule has 0 aliphatic carbocycles. The van der Waals surface area contributed by atoms with E-state index in [9.17, 15) is 44.3 Å². The minimum Gasteiger partial charge on any atom is -0.322 e. The van der Waals surface area contributed by atoms with Gasteiger partial charge in [-0.15, -0.1) is 0 Å². The normalized spacial score (nSPS) is 13.8. The number of nitrogens with one attached hydrogen (secondary N) is 1. The summed E-state index contributed by atoms with van der Waals surface area (Å²) >= 11 is 16.3. The van der Waals surface area contributed by atoms with Gasteiger partial charge >= 0.3 is 23.9 Å². The van der Waals surface area contributed by atoms with E-state index in [-0.39, 0.29) is 5.02 Å². The molecule has 1 aromatic carbocycles. The second-order valence-electron chi connectivity index (χ2n) is 4.44. The first-order chi connectivity index (χ1) is 11.0. The van der Waals surface area contributed by atoms with E-state index in [0.717, 1.165) is 17.4 Å². The maximum absolute atomic E-state index is 12.8. The molecule has 1 N–H and O–H groups in total. The van der Waals surface area contributed by atoms with Crippen LogP contribution in [0.5, 0.6) is 0 Å². The van der Waals surface area contributed by atoms with E-state index < -0.39 is 45.6 Å². The van der Waals surface area contributed by atoms with E-state index in [1.807, 2.05) is 0 Å². The van der Waals surface area contributed by atoms with Gasteiger partial charge in [-0.05, 0) is 12.1 Å². The number of carbonyl (C=O) groups is 1. The molecule has 0 aromatic heterocycles. The highest BCUT2D eigenvalue weighted by atomic mass is 35.5. The summed E-state index contributed by atoms with van der Waals surface area (Å²) in [6.07, 6.45) is -21.2. The van der Waals surface area contributed by atoms with Crippen LogP contribution in [0.1, 0.15) is 0 Å². The van der Waals surface area contributed by atoms with E-state index in [2.05, 4.69) is 0 Å². The Hall–Kier alpha value is -1.07. The number of rotatable bonds is 2. The van der Waals surface area contributed by atoms with Crippen molar-refractivity contribution in [2.24, 2.45) is 5.41 Å². The second-order valence-corrected chi connectivity index (χ2v) is 5.69. The summed E-state index contributed by atoms with van der Waals surface area (Å²) in [7, 11) is 0. The maximum Gasteiger partial charge on any atom is 0.421 e. The van der Waals surface area contributed by atoms with Crippen molar-refractivity contribution in [2.75, 3.05) is 5.32 Å². The molecule has 25 heavy (non-hydrogen) atoms. The van der Waals surface area contributed by atoms with Crippen molar-refractivity contribution in [2.45, 2.75) is 18.5 Å². The topological polar surface area (TPSA) is 29.1 Å². The fourth-order valence-corrected chi connectivity index (χ4v) is 2.65. The van der Waals surface area contributed by atoms with Crippen LogP contribution in [-0.2, 0) is 4.79 Å². The minimum atomic E-state index is -7.06. The van der Waals surface area contributed by atoms with Crippen molar-refractivity contribution in [1.82, 2.24) is 0 Å². The minimum absolute atomic E-state index is 0.235. The highest BCUT2D eigenvalue weighted by Gasteiger charge is 2.88. The van der Waals surface area contributed by atoms with Gasteiger partial charge in [0, 0.05) is 5.02 Å². The molecule has 0 radical (unpaired) electrons. The van der Waals surface area contributed by atoms with Crippen LogP contribution < -0.4 is 5.32 Å². The summed E-state index contributed by atoms with van der Waals surface area (Å²) in [5, 5.41) is -0.934. The molecule has 0 saturated heterocycles. The summed E-state index contributed by atoms with van der Waals surface area (Å²) in [4.78, 5) is 11.5. The molecular formula is C11H3Cl3F9NO. The van der Waals surface area contributed by atoms with Crippen LogP contribution in [0.2, 0.25) is 15.1 Å². The molecule has 0 spiro atoms. The molecule has 0 unspecified atom stereocenters. The summed E-state index contributed by atoms with van der Waals surface area (Å²) in [5.41, 5.74) is -7.79. The number of halogens is 12. The van der Waals surface area contributed by atoms with Crippen LogP contribution in [0, 0.1) is 5.41 Å². The molecule has 0 atom stereocenters. The Balaban J connectivity index is 3.62. The predicted molar refractivity (Wildman–Crippen MR) is 70.7 cm³/mol. The summed E-state index contributed by atoms with van der Waals surface area (Å²) in [6.45, 7) is 0. The van der Waals surface area contributed by atoms with E-state index in [1.165, 1.54) is 0 Å². The number of hydrogen-bond donors (Lipinski definition) is 1. The monoisotopic (exact) mass is 441 g/mol. The molecule has 1 rings (SSSR count). The lowest BCUT2D eigenvalue weighted by atomic mass is 9.84. The molecule has 0 heterocycles. The first-order valence-electron chi connectivity index (χ1n) is 5.63. The van der Waals surface area contributed by atoms with Crippen molar-refractivity contribution < 1.29 is 44.3 Å². The van der Waals surface area contributed by atoms with Gasteiger partial charge in [-0.2, -0.15) is 39.5 Å². The zero-order valence-electron chi connectivity index (χ0n) is 11.1. The van der Waals surface area contributed by atoms with Crippen molar-refractivity contribution in [3.63, 3.8) is 0 Å². The summed E-state index contributed by atoms with van der Waals surface area (Å²) in [6, 6.07) is 1.47. The average Bonchev–Trinajstić information content (AvgIpc) is 2.28. The third-order valence-corrected chi connectivity index (χ3v) is 3.68. The number of benzene rings is 1. The first-order valence-corrected chi connectivity index (χ1v) is 6.76. The Labute approximate surface area is 147 Å². The Morgan fingerprint density at radius 2 is 1.08 bits per heavy atom. The Kier molecular flexibility index (Phi) is 5.79. The van der Waals surface area contributed by atoms with Crippen LogP contribution >= 0.6 is 34.8 Å². The number of carbonyl (C=O) groups excluding carboxylic acids is 1. The third-order valence-electron chi connectivity index (χ3n) is 2.86. The number of anilines is 1.